The molecule has 1 aromatic carbocycles. The van der Waals surface area contributed by atoms with Crippen LogP contribution in [0, 0.1) is 19.7 Å². The number of halogens is 2. The maximum absolute atomic E-state index is 13.7. The summed E-state index contributed by atoms with van der Waals surface area (Å²) in [6.45, 7) is 10.8. The van der Waals surface area contributed by atoms with Gasteiger partial charge in [-0.15, -0.1) is 24.0 Å². The third kappa shape index (κ3) is 8.04. The molecule has 0 amide bonds. The third-order valence-corrected chi connectivity index (χ3v) is 3.96. The van der Waals surface area contributed by atoms with Gasteiger partial charge in [0.1, 0.15) is 6.10 Å². The molecule has 0 bridgehead atoms. The van der Waals surface area contributed by atoms with E-state index in [4.69, 9.17) is 4.74 Å². The summed E-state index contributed by atoms with van der Waals surface area (Å²) in [5.41, 5.74) is 2.21. The van der Waals surface area contributed by atoms with Gasteiger partial charge in [0.15, 0.2) is 17.5 Å². The van der Waals surface area contributed by atoms with Crippen LogP contribution in [-0.2, 0) is 6.54 Å². The number of aromatic nitrogens is 2. The summed E-state index contributed by atoms with van der Waals surface area (Å²) in [6, 6.07) is 8.49. The first-order valence-corrected chi connectivity index (χ1v) is 9.44. The van der Waals surface area contributed by atoms with Crippen molar-refractivity contribution in [2.75, 3.05) is 19.6 Å². The first-order valence-electron chi connectivity index (χ1n) is 9.44. The van der Waals surface area contributed by atoms with Gasteiger partial charge in [0.2, 0.25) is 0 Å². The van der Waals surface area contributed by atoms with Crippen molar-refractivity contribution in [1.82, 2.24) is 20.4 Å². The van der Waals surface area contributed by atoms with Crippen LogP contribution in [0.1, 0.15) is 31.7 Å². The minimum Gasteiger partial charge on any atom is -0.486 e. The first-order chi connectivity index (χ1) is 13.0. The van der Waals surface area contributed by atoms with Crippen LogP contribution in [-0.4, -0.2) is 41.5 Å². The molecular formula is C20H31FIN5O. The van der Waals surface area contributed by atoms with E-state index in [-0.39, 0.29) is 41.6 Å². The largest absolute Gasteiger partial charge is 0.486 e. The highest BCUT2D eigenvalue weighted by atomic mass is 127. The van der Waals surface area contributed by atoms with E-state index in [1.54, 1.807) is 18.2 Å². The SMILES string of the molecule is CCNC(=NCC(C)Oc1ccccc1F)NCCCn1nc(C)cc1C.I. The Bertz CT molecular complexity index is 750. The van der Waals surface area contributed by atoms with Crippen LogP contribution >= 0.6 is 24.0 Å². The van der Waals surface area contributed by atoms with E-state index in [1.807, 2.05) is 25.5 Å². The number of ether oxygens (including phenoxy) is 1. The van der Waals surface area contributed by atoms with Gasteiger partial charge in [-0.2, -0.15) is 5.10 Å². The average molecular weight is 503 g/mol. The van der Waals surface area contributed by atoms with Gasteiger partial charge in [0.25, 0.3) is 0 Å². The van der Waals surface area contributed by atoms with Crippen molar-refractivity contribution in [3.05, 3.63) is 47.5 Å². The average Bonchev–Trinajstić information content (AvgIpc) is 2.95. The van der Waals surface area contributed by atoms with Crippen molar-refractivity contribution in [2.45, 2.75) is 46.8 Å². The van der Waals surface area contributed by atoms with Crippen LogP contribution in [0.15, 0.2) is 35.3 Å². The smallest absolute Gasteiger partial charge is 0.191 e. The number of guanidine groups is 1. The Labute approximate surface area is 184 Å². The lowest BCUT2D eigenvalue weighted by Gasteiger charge is -2.15. The van der Waals surface area contributed by atoms with Gasteiger partial charge in [-0.1, -0.05) is 12.1 Å². The second kappa shape index (κ2) is 12.6. The maximum Gasteiger partial charge on any atom is 0.191 e. The molecule has 1 atom stereocenters. The van der Waals surface area contributed by atoms with Crippen molar-refractivity contribution < 1.29 is 9.13 Å². The highest BCUT2D eigenvalue weighted by Gasteiger charge is 2.08. The quantitative estimate of drug-likeness (QED) is 0.237. The van der Waals surface area contributed by atoms with Crippen molar-refractivity contribution in [3.8, 4) is 5.75 Å². The van der Waals surface area contributed by atoms with Crippen molar-refractivity contribution in [3.63, 3.8) is 0 Å². The fourth-order valence-corrected chi connectivity index (χ4v) is 2.69. The molecule has 1 unspecified atom stereocenters. The molecule has 2 aromatic rings. The summed E-state index contributed by atoms with van der Waals surface area (Å²) in [6.07, 6.45) is 0.709. The minimum absolute atomic E-state index is 0. The van der Waals surface area contributed by atoms with E-state index in [9.17, 15) is 4.39 Å². The van der Waals surface area contributed by atoms with Gasteiger partial charge >= 0.3 is 0 Å². The molecule has 0 saturated carbocycles. The summed E-state index contributed by atoms with van der Waals surface area (Å²) >= 11 is 0. The molecule has 0 aliphatic carbocycles. The van der Waals surface area contributed by atoms with Crippen molar-refractivity contribution in [1.29, 1.82) is 0 Å². The molecular weight excluding hydrogens is 472 g/mol. The summed E-state index contributed by atoms with van der Waals surface area (Å²) in [7, 11) is 0. The number of nitrogens with one attached hydrogen (secondary N) is 2. The van der Waals surface area contributed by atoms with Crippen LogP contribution in [0.25, 0.3) is 0 Å². The first kappa shape index (κ1) is 24.2. The Balaban J connectivity index is 0.00000392. The fourth-order valence-electron chi connectivity index (χ4n) is 2.69. The molecule has 0 spiro atoms. The number of hydrogen-bond donors (Lipinski definition) is 2. The molecule has 1 aromatic heterocycles. The Hall–Kier alpha value is -1.84. The summed E-state index contributed by atoms with van der Waals surface area (Å²) < 4.78 is 21.3. The Morgan fingerprint density at radius 1 is 1.29 bits per heavy atom. The number of hydrogen-bond acceptors (Lipinski definition) is 3. The van der Waals surface area contributed by atoms with Gasteiger partial charge in [0, 0.05) is 25.3 Å². The zero-order chi connectivity index (χ0) is 19.6. The zero-order valence-electron chi connectivity index (χ0n) is 17.0. The number of aryl methyl sites for hydroxylation is 3. The van der Waals surface area contributed by atoms with Crippen LogP contribution in [0.3, 0.4) is 0 Å². The lowest BCUT2D eigenvalue weighted by atomic mass is 10.3. The number of aliphatic imine (C=N–C) groups is 1. The Morgan fingerprint density at radius 3 is 2.68 bits per heavy atom. The maximum atomic E-state index is 13.7. The fraction of sp³-hybridized carbons (Fsp3) is 0.500. The second-order valence-electron chi connectivity index (χ2n) is 6.51. The third-order valence-electron chi connectivity index (χ3n) is 3.96. The number of nitrogens with zero attached hydrogens (tertiary/aromatic N) is 3. The topological polar surface area (TPSA) is 63.5 Å². The van der Waals surface area contributed by atoms with E-state index in [2.05, 4.69) is 33.7 Å². The van der Waals surface area contributed by atoms with Gasteiger partial charge in [-0.3, -0.25) is 4.68 Å². The number of rotatable bonds is 9. The molecule has 156 valence electrons. The van der Waals surface area contributed by atoms with Gasteiger partial charge in [-0.25, -0.2) is 9.38 Å². The van der Waals surface area contributed by atoms with Crippen LogP contribution in [0.5, 0.6) is 5.75 Å². The number of benzene rings is 1. The lowest BCUT2D eigenvalue weighted by molar-refractivity contribution is 0.220. The molecule has 0 radical (unpaired) electrons. The standard InChI is InChI=1S/C20H30FN5O.HI/c1-5-22-20(23-11-8-12-26-16(3)13-15(2)25-26)24-14-17(4)27-19-10-7-6-9-18(19)21;/h6-7,9-10,13,17H,5,8,11-12,14H2,1-4H3,(H2,22,23,24);1H. The summed E-state index contributed by atoms with van der Waals surface area (Å²) in [4.78, 5) is 4.53. The van der Waals surface area contributed by atoms with E-state index in [0.29, 0.717) is 6.54 Å². The molecule has 2 rings (SSSR count). The van der Waals surface area contributed by atoms with E-state index in [0.717, 1.165) is 37.7 Å². The summed E-state index contributed by atoms with van der Waals surface area (Å²) in [5, 5.41) is 11.0. The van der Waals surface area contributed by atoms with E-state index in [1.165, 1.54) is 11.8 Å². The predicted octanol–water partition coefficient (Wildman–Crippen LogP) is 3.67. The van der Waals surface area contributed by atoms with Gasteiger partial charge < -0.3 is 15.4 Å². The van der Waals surface area contributed by atoms with Crippen molar-refractivity contribution in [2.24, 2.45) is 4.99 Å². The van der Waals surface area contributed by atoms with Crippen molar-refractivity contribution >= 4 is 29.9 Å². The van der Waals surface area contributed by atoms with E-state index < -0.39 is 0 Å². The van der Waals surface area contributed by atoms with Crippen LogP contribution < -0.4 is 15.4 Å². The zero-order valence-corrected chi connectivity index (χ0v) is 19.4. The van der Waals surface area contributed by atoms with Gasteiger partial charge in [-0.05, 0) is 52.3 Å². The molecule has 28 heavy (non-hydrogen) atoms. The normalized spacial score (nSPS) is 12.2. The molecule has 6 nitrogen and oxygen atoms in total. The number of para-hydroxylation sites is 1. The summed E-state index contributed by atoms with van der Waals surface area (Å²) in [5.74, 6) is 0.625. The Kier molecular flexibility index (Phi) is 10.9. The predicted molar refractivity (Wildman–Crippen MR) is 122 cm³/mol. The minimum atomic E-state index is -0.359. The molecule has 0 fully saturated rings. The molecule has 0 saturated heterocycles. The highest BCUT2D eigenvalue weighted by molar-refractivity contribution is 14.0. The Morgan fingerprint density at radius 2 is 2.04 bits per heavy atom. The van der Waals surface area contributed by atoms with Crippen LogP contribution in [0.4, 0.5) is 4.39 Å². The van der Waals surface area contributed by atoms with Gasteiger partial charge in [0.05, 0.1) is 12.2 Å². The molecule has 0 aliphatic rings. The molecule has 2 N–H and O–H groups in total. The van der Waals surface area contributed by atoms with E-state index >= 15 is 0 Å². The molecule has 0 aliphatic heterocycles. The lowest BCUT2D eigenvalue weighted by Crippen LogP contribution is -2.38. The monoisotopic (exact) mass is 503 g/mol. The highest BCUT2D eigenvalue weighted by Crippen LogP contribution is 2.16. The molecule has 8 heteroatoms. The van der Waals surface area contributed by atoms with Crippen LogP contribution in [0.2, 0.25) is 0 Å². The molecule has 1 heterocycles. The second-order valence-corrected chi connectivity index (χ2v) is 6.51.